The molecule has 114 valence electrons. The fourth-order valence-corrected chi connectivity index (χ4v) is 2.59. The van der Waals surface area contributed by atoms with Crippen LogP contribution in [0.3, 0.4) is 0 Å². The van der Waals surface area contributed by atoms with Gasteiger partial charge in [0.15, 0.2) is 0 Å². The van der Waals surface area contributed by atoms with Gasteiger partial charge >= 0.3 is 0 Å². The first-order valence-electron chi connectivity index (χ1n) is 7.76. The van der Waals surface area contributed by atoms with Gasteiger partial charge in [-0.25, -0.2) is 0 Å². The van der Waals surface area contributed by atoms with E-state index in [4.69, 9.17) is 4.74 Å². The summed E-state index contributed by atoms with van der Waals surface area (Å²) in [6.45, 7) is 13.0. The van der Waals surface area contributed by atoms with Crippen molar-refractivity contribution in [3.63, 3.8) is 0 Å². The molecule has 0 aliphatic heterocycles. The molecule has 0 radical (unpaired) electrons. The molecule has 0 aliphatic rings. The maximum Gasteiger partial charge on any atom is 0.123 e. The van der Waals surface area contributed by atoms with Crippen molar-refractivity contribution in [3.05, 3.63) is 29.3 Å². The Morgan fingerprint density at radius 1 is 1.20 bits per heavy atom. The molecule has 1 unspecified atom stereocenters. The third-order valence-electron chi connectivity index (χ3n) is 3.84. The monoisotopic (exact) mass is 278 g/mol. The molecule has 0 saturated heterocycles. The third-order valence-corrected chi connectivity index (χ3v) is 3.84. The fourth-order valence-electron chi connectivity index (χ4n) is 2.59. The summed E-state index contributed by atoms with van der Waals surface area (Å²) >= 11 is 0. The molecule has 0 fully saturated rings. The van der Waals surface area contributed by atoms with Gasteiger partial charge in [0, 0.05) is 11.6 Å². The third kappa shape index (κ3) is 4.80. The largest absolute Gasteiger partial charge is 0.496 e. The van der Waals surface area contributed by atoms with Gasteiger partial charge in [-0.1, -0.05) is 38.5 Å². The van der Waals surface area contributed by atoms with Gasteiger partial charge in [-0.2, -0.15) is 0 Å². The molecule has 20 heavy (non-hydrogen) atoms. The summed E-state index contributed by atoms with van der Waals surface area (Å²) in [6.07, 6.45) is 1.11. The number of nitrogens with zero attached hydrogens (tertiary/aromatic N) is 1. The molecule has 3 heteroatoms. The molecule has 0 bridgehead atoms. The van der Waals surface area contributed by atoms with Crippen molar-refractivity contribution in [2.75, 3.05) is 33.3 Å². The lowest BCUT2D eigenvalue weighted by Crippen LogP contribution is -2.29. The molecule has 3 nitrogen and oxygen atoms in total. The van der Waals surface area contributed by atoms with Crippen molar-refractivity contribution in [1.82, 2.24) is 10.2 Å². The SMILES string of the molecule is CCNC(CCN(CC)CC)c1cc(C)ccc1OC. The number of aryl methyl sites for hydroxylation is 1. The Morgan fingerprint density at radius 3 is 2.45 bits per heavy atom. The number of ether oxygens (including phenoxy) is 1. The summed E-state index contributed by atoms with van der Waals surface area (Å²) in [7, 11) is 1.75. The zero-order valence-electron chi connectivity index (χ0n) is 13.7. The van der Waals surface area contributed by atoms with Crippen molar-refractivity contribution in [2.24, 2.45) is 0 Å². The summed E-state index contributed by atoms with van der Waals surface area (Å²) in [5.74, 6) is 0.987. The van der Waals surface area contributed by atoms with E-state index in [1.54, 1.807) is 7.11 Å². The van der Waals surface area contributed by atoms with Crippen molar-refractivity contribution < 1.29 is 4.74 Å². The maximum atomic E-state index is 5.53. The highest BCUT2D eigenvalue weighted by atomic mass is 16.5. The van der Waals surface area contributed by atoms with E-state index in [2.05, 4.69) is 56.1 Å². The molecule has 1 atom stereocenters. The molecule has 1 aromatic rings. The number of hydrogen-bond donors (Lipinski definition) is 1. The molecule has 0 saturated carbocycles. The topological polar surface area (TPSA) is 24.5 Å². The highest BCUT2D eigenvalue weighted by Crippen LogP contribution is 2.28. The second-order valence-corrected chi connectivity index (χ2v) is 5.17. The number of nitrogens with one attached hydrogen (secondary N) is 1. The van der Waals surface area contributed by atoms with Crippen molar-refractivity contribution >= 4 is 0 Å². The molecule has 1 rings (SSSR count). The number of methoxy groups -OCH3 is 1. The Hall–Kier alpha value is -1.06. The summed E-state index contributed by atoms with van der Waals surface area (Å²) < 4.78 is 5.53. The first-order chi connectivity index (χ1) is 9.65. The lowest BCUT2D eigenvalue weighted by Gasteiger charge is -2.25. The van der Waals surface area contributed by atoms with Crippen LogP contribution in [-0.4, -0.2) is 38.2 Å². The molecule has 0 amide bonds. The molecule has 0 spiro atoms. The van der Waals surface area contributed by atoms with Crippen LogP contribution in [0.1, 0.15) is 44.4 Å². The minimum atomic E-state index is 0.357. The van der Waals surface area contributed by atoms with E-state index >= 15 is 0 Å². The van der Waals surface area contributed by atoms with Crippen LogP contribution in [0.5, 0.6) is 5.75 Å². The maximum absolute atomic E-state index is 5.53. The van der Waals surface area contributed by atoms with Gasteiger partial charge < -0.3 is 15.0 Å². The van der Waals surface area contributed by atoms with E-state index in [0.717, 1.165) is 38.3 Å². The molecular weight excluding hydrogens is 248 g/mol. The standard InChI is InChI=1S/C17H30N2O/c1-6-18-16(11-12-19(7-2)8-3)15-13-14(4)9-10-17(15)20-5/h9-10,13,16,18H,6-8,11-12H2,1-5H3. The Bertz CT molecular complexity index is 389. The molecule has 0 aliphatic carbocycles. The van der Waals surface area contributed by atoms with Crippen LogP contribution >= 0.6 is 0 Å². The molecule has 1 N–H and O–H groups in total. The Morgan fingerprint density at radius 2 is 1.90 bits per heavy atom. The highest BCUT2D eigenvalue weighted by molar-refractivity contribution is 5.39. The van der Waals surface area contributed by atoms with E-state index in [0.29, 0.717) is 6.04 Å². The van der Waals surface area contributed by atoms with Gasteiger partial charge in [-0.05, 0) is 45.6 Å². The second kappa shape index (κ2) is 8.98. The van der Waals surface area contributed by atoms with Crippen LogP contribution in [0.15, 0.2) is 18.2 Å². The quantitative estimate of drug-likeness (QED) is 0.749. The van der Waals surface area contributed by atoms with E-state index in [1.165, 1.54) is 11.1 Å². The van der Waals surface area contributed by atoms with E-state index in [9.17, 15) is 0 Å². The Labute approximate surface area is 124 Å². The first-order valence-corrected chi connectivity index (χ1v) is 7.76. The van der Waals surface area contributed by atoms with Gasteiger partial charge in [-0.15, -0.1) is 0 Å². The van der Waals surface area contributed by atoms with Crippen LogP contribution in [0.2, 0.25) is 0 Å². The summed E-state index contributed by atoms with van der Waals surface area (Å²) in [5, 5.41) is 3.60. The number of benzene rings is 1. The average Bonchev–Trinajstić information content (AvgIpc) is 2.47. The normalized spacial score (nSPS) is 12.7. The van der Waals surface area contributed by atoms with Gasteiger partial charge in [0.05, 0.1) is 7.11 Å². The Kier molecular flexibility index (Phi) is 7.63. The van der Waals surface area contributed by atoms with Crippen molar-refractivity contribution in [1.29, 1.82) is 0 Å². The predicted octanol–water partition coefficient (Wildman–Crippen LogP) is 3.39. The van der Waals surface area contributed by atoms with Crippen molar-refractivity contribution in [2.45, 2.75) is 40.2 Å². The lowest BCUT2D eigenvalue weighted by atomic mass is 10.00. The van der Waals surface area contributed by atoms with Gasteiger partial charge in [0.1, 0.15) is 5.75 Å². The number of rotatable bonds is 9. The van der Waals surface area contributed by atoms with E-state index in [1.807, 2.05) is 0 Å². The van der Waals surface area contributed by atoms with Crippen molar-refractivity contribution in [3.8, 4) is 5.75 Å². The predicted molar refractivity (Wildman–Crippen MR) is 86.6 cm³/mol. The first kappa shape index (κ1) is 17.0. The average molecular weight is 278 g/mol. The molecule has 1 aromatic carbocycles. The zero-order valence-corrected chi connectivity index (χ0v) is 13.7. The van der Waals surface area contributed by atoms with Crippen LogP contribution in [-0.2, 0) is 0 Å². The summed E-state index contributed by atoms with van der Waals surface area (Å²) in [5.41, 5.74) is 2.56. The number of hydrogen-bond acceptors (Lipinski definition) is 3. The minimum absolute atomic E-state index is 0.357. The van der Waals surface area contributed by atoms with Gasteiger partial charge in [0.2, 0.25) is 0 Å². The molecule has 0 heterocycles. The van der Waals surface area contributed by atoms with Crippen LogP contribution in [0.25, 0.3) is 0 Å². The van der Waals surface area contributed by atoms with Gasteiger partial charge in [0.25, 0.3) is 0 Å². The van der Waals surface area contributed by atoms with Crippen LogP contribution < -0.4 is 10.1 Å². The van der Waals surface area contributed by atoms with E-state index in [-0.39, 0.29) is 0 Å². The summed E-state index contributed by atoms with van der Waals surface area (Å²) in [4.78, 5) is 2.46. The minimum Gasteiger partial charge on any atom is -0.496 e. The van der Waals surface area contributed by atoms with Crippen LogP contribution in [0.4, 0.5) is 0 Å². The highest BCUT2D eigenvalue weighted by Gasteiger charge is 2.16. The molecule has 0 aromatic heterocycles. The lowest BCUT2D eigenvalue weighted by molar-refractivity contribution is 0.280. The fraction of sp³-hybridized carbons (Fsp3) is 0.647. The molecular formula is C17H30N2O. The summed E-state index contributed by atoms with van der Waals surface area (Å²) in [6, 6.07) is 6.78. The second-order valence-electron chi connectivity index (χ2n) is 5.17. The van der Waals surface area contributed by atoms with Gasteiger partial charge in [-0.3, -0.25) is 0 Å². The zero-order chi connectivity index (χ0) is 15.0. The Balaban J connectivity index is 2.86. The smallest absolute Gasteiger partial charge is 0.123 e. The van der Waals surface area contributed by atoms with E-state index < -0.39 is 0 Å². The van der Waals surface area contributed by atoms with Crippen LogP contribution in [0, 0.1) is 6.92 Å².